The fourth-order valence-electron chi connectivity index (χ4n) is 0.872. The molecule has 1 aliphatic rings. The molecule has 1 aromatic rings. The zero-order chi connectivity index (χ0) is 9.47. The van der Waals surface area contributed by atoms with Crippen LogP contribution in [0.15, 0.2) is 4.42 Å². The van der Waals surface area contributed by atoms with Gasteiger partial charge in [0, 0.05) is 19.5 Å². The SMILES string of the molecule is FC(F)(F)c1nnc(N2C[CH]C2)o1. The van der Waals surface area contributed by atoms with Gasteiger partial charge in [-0.05, 0) is 0 Å². The second kappa shape index (κ2) is 2.61. The van der Waals surface area contributed by atoms with Gasteiger partial charge in [-0.15, -0.1) is 5.10 Å². The first-order valence-electron chi connectivity index (χ1n) is 3.54. The minimum absolute atomic E-state index is 0.0742. The maximum absolute atomic E-state index is 12.0. The van der Waals surface area contributed by atoms with Crippen LogP contribution in [-0.4, -0.2) is 23.3 Å². The van der Waals surface area contributed by atoms with E-state index < -0.39 is 12.1 Å². The fraction of sp³-hybridized carbons (Fsp3) is 0.500. The Hall–Kier alpha value is -1.27. The molecule has 2 heterocycles. The molecular formula is C6H5F3N3O. The Morgan fingerprint density at radius 3 is 2.38 bits per heavy atom. The van der Waals surface area contributed by atoms with E-state index in [1.165, 1.54) is 0 Å². The number of aromatic nitrogens is 2. The van der Waals surface area contributed by atoms with Crippen molar-refractivity contribution in [3.63, 3.8) is 0 Å². The molecule has 0 unspecified atom stereocenters. The van der Waals surface area contributed by atoms with Gasteiger partial charge in [0.25, 0.3) is 0 Å². The third kappa shape index (κ3) is 1.45. The van der Waals surface area contributed by atoms with E-state index in [-0.39, 0.29) is 6.01 Å². The van der Waals surface area contributed by atoms with Crippen molar-refractivity contribution in [1.82, 2.24) is 10.2 Å². The predicted molar refractivity (Wildman–Crippen MR) is 35.8 cm³/mol. The van der Waals surface area contributed by atoms with Gasteiger partial charge in [0.15, 0.2) is 0 Å². The molecule has 1 radical (unpaired) electrons. The van der Waals surface area contributed by atoms with E-state index in [0.29, 0.717) is 13.1 Å². The highest BCUT2D eigenvalue weighted by molar-refractivity contribution is 5.32. The van der Waals surface area contributed by atoms with Crippen LogP contribution in [0.25, 0.3) is 0 Å². The summed E-state index contributed by atoms with van der Waals surface area (Å²) in [7, 11) is 0. The first-order chi connectivity index (χ1) is 6.07. The van der Waals surface area contributed by atoms with Crippen LogP contribution in [0.5, 0.6) is 0 Å². The third-order valence-electron chi connectivity index (χ3n) is 1.63. The zero-order valence-corrected chi connectivity index (χ0v) is 6.38. The Kier molecular flexibility index (Phi) is 1.67. The van der Waals surface area contributed by atoms with Crippen LogP contribution < -0.4 is 4.90 Å². The maximum Gasteiger partial charge on any atom is 0.470 e. The lowest BCUT2D eigenvalue weighted by Crippen LogP contribution is -2.38. The summed E-state index contributed by atoms with van der Waals surface area (Å²) in [6.45, 7) is 1.11. The average molecular weight is 192 g/mol. The van der Waals surface area contributed by atoms with Crippen molar-refractivity contribution in [3.8, 4) is 0 Å². The highest BCUT2D eigenvalue weighted by Gasteiger charge is 2.39. The number of hydrogen-bond acceptors (Lipinski definition) is 4. The van der Waals surface area contributed by atoms with E-state index in [2.05, 4.69) is 14.6 Å². The molecule has 0 atom stereocenters. The van der Waals surface area contributed by atoms with E-state index in [1.54, 1.807) is 4.90 Å². The molecule has 0 N–H and O–H groups in total. The molecule has 4 nitrogen and oxygen atoms in total. The van der Waals surface area contributed by atoms with Gasteiger partial charge in [0.2, 0.25) is 0 Å². The molecule has 0 spiro atoms. The third-order valence-corrected chi connectivity index (χ3v) is 1.63. The van der Waals surface area contributed by atoms with Gasteiger partial charge < -0.3 is 9.32 Å². The monoisotopic (exact) mass is 192 g/mol. The normalized spacial score (nSPS) is 17.3. The fourth-order valence-corrected chi connectivity index (χ4v) is 0.872. The number of halogens is 3. The predicted octanol–water partition coefficient (Wildman–Crippen LogP) is 1.11. The van der Waals surface area contributed by atoms with Crippen LogP contribution >= 0.6 is 0 Å². The number of nitrogens with zero attached hydrogens (tertiary/aromatic N) is 3. The summed E-state index contributed by atoms with van der Waals surface area (Å²) in [5, 5.41) is 6.17. The van der Waals surface area contributed by atoms with Crippen LogP contribution in [-0.2, 0) is 6.18 Å². The topological polar surface area (TPSA) is 42.2 Å². The van der Waals surface area contributed by atoms with E-state index in [0.717, 1.165) is 0 Å². The molecule has 1 aromatic heterocycles. The van der Waals surface area contributed by atoms with Crippen molar-refractivity contribution in [2.75, 3.05) is 18.0 Å². The molecular weight excluding hydrogens is 187 g/mol. The van der Waals surface area contributed by atoms with Gasteiger partial charge in [0.1, 0.15) is 0 Å². The summed E-state index contributed by atoms with van der Waals surface area (Å²) >= 11 is 0. The Balaban J connectivity index is 2.17. The summed E-state index contributed by atoms with van der Waals surface area (Å²) < 4.78 is 40.3. The van der Waals surface area contributed by atoms with Crippen LogP contribution in [0.2, 0.25) is 0 Å². The lowest BCUT2D eigenvalue weighted by atomic mass is 10.2. The number of anilines is 1. The van der Waals surface area contributed by atoms with Gasteiger partial charge in [-0.3, -0.25) is 0 Å². The van der Waals surface area contributed by atoms with Gasteiger partial charge in [-0.2, -0.15) is 13.2 Å². The average Bonchev–Trinajstić information content (AvgIpc) is 2.29. The summed E-state index contributed by atoms with van der Waals surface area (Å²) in [5.41, 5.74) is 0. The van der Waals surface area contributed by atoms with E-state index >= 15 is 0 Å². The first-order valence-corrected chi connectivity index (χ1v) is 3.54. The highest BCUT2D eigenvalue weighted by Crippen LogP contribution is 2.30. The highest BCUT2D eigenvalue weighted by atomic mass is 19.4. The largest absolute Gasteiger partial charge is 0.470 e. The summed E-state index contributed by atoms with van der Waals surface area (Å²) in [5.74, 6) is -1.30. The first kappa shape index (κ1) is 8.33. The quantitative estimate of drug-likeness (QED) is 0.668. The van der Waals surface area contributed by atoms with Crippen LogP contribution in [0.1, 0.15) is 5.89 Å². The molecule has 7 heteroatoms. The van der Waals surface area contributed by atoms with Crippen LogP contribution in [0.3, 0.4) is 0 Å². The number of alkyl halides is 3. The molecule has 0 saturated carbocycles. The van der Waals surface area contributed by atoms with Crippen molar-refractivity contribution in [2.24, 2.45) is 0 Å². The molecule has 13 heavy (non-hydrogen) atoms. The minimum atomic E-state index is -4.56. The Labute approximate surface area is 71.3 Å². The van der Waals surface area contributed by atoms with Crippen molar-refractivity contribution in [2.45, 2.75) is 6.18 Å². The van der Waals surface area contributed by atoms with Gasteiger partial charge in [-0.25, -0.2) is 0 Å². The maximum atomic E-state index is 12.0. The van der Waals surface area contributed by atoms with Crippen LogP contribution in [0, 0.1) is 6.42 Å². The molecule has 71 valence electrons. The molecule has 0 bridgehead atoms. The van der Waals surface area contributed by atoms with Crippen molar-refractivity contribution in [1.29, 1.82) is 0 Å². The second-order valence-corrected chi connectivity index (χ2v) is 2.58. The number of hydrogen-bond donors (Lipinski definition) is 0. The molecule has 0 amide bonds. The van der Waals surface area contributed by atoms with E-state index in [1.807, 2.05) is 6.42 Å². The van der Waals surface area contributed by atoms with Crippen molar-refractivity contribution >= 4 is 6.01 Å². The minimum Gasteiger partial charge on any atom is -0.399 e. The Morgan fingerprint density at radius 1 is 1.31 bits per heavy atom. The molecule has 2 rings (SSSR count). The summed E-state index contributed by atoms with van der Waals surface area (Å²) in [6, 6.07) is -0.0742. The molecule has 1 aliphatic heterocycles. The van der Waals surface area contributed by atoms with E-state index in [9.17, 15) is 13.2 Å². The van der Waals surface area contributed by atoms with Gasteiger partial charge in [0.05, 0.1) is 0 Å². The van der Waals surface area contributed by atoms with E-state index in [4.69, 9.17) is 0 Å². The number of rotatable bonds is 1. The Morgan fingerprint density at radius 2 is 2.00 bits per heavy atom. The molecule has 0 aromatic carbocycles. The molecule has 1 fully saturated rings. The van der Waals surface area contributed by atoms with Crippen LogP contribution in [0.4, 0.5) is 19.2 Å². The van der Waals surface area contributed by atoms with Gasteiger partial charge >= 0.3 is 18.1 Å². The molecule has 0 aliphatic carbocycles. The second-order valence-electron chi connectivity index (χ2n) is 2.58. The standard InChI is InChI=1S/C6H5F3N3O/c7-6(8,9)4-10-11-5(13-4)12-2-1-3-12/h1H,2-3H2. The Bertz CT molecular complexity index is 304. The smallest absolute Gasteiger partial charge is 0.399 e. The van der Waals surface area contributed by atoms with Crippen molar-refractivity contribution in [3.05, 3.63) is 12.3 Å². The summed E-state index contributed by atoms with van der Waals surface area (Å²) in [4.78, 5) is 1.54. The lowest BCUT2D eigenvalue weighted by Gasteiger charge is -2.27. The van der Waals surface area contributed by atoms with Crippen molar-refractivity contribution < 1.29 is 17.6 Å². The summed E-state index contributed by atoms with van der Waals surface area (Å²) in [6.07, 6.45) is -2.67. The van der Waals surface area contributed by atoms with Gasteiger partial charge in [-0.1, -0.05) is 5.10 Å². The molecule has 1 saturated heterocycles. The zero-order valence-electron chi connectivity index (χ0n) is 6.38. The lowest BCUT2D eigenvalue weighted by molar-refractivity contribution is -0.157.